The molecule has 0 aromatic heterocycles. The third-order valence-electron chi connectivity index (χ3n) is 3.58. The van der Waals surface area contributed by atoms with Crippen molar-refractivity contribution in [3.63, 3.8) is 0 Å². The first-order chi connectivity index (χ1) is 8.97. The first-order valence-electron chi connectivity index (χ1n) is 7.20. The summed E-state index contributed by atoms with van der Waals surface area (Å²) in [6, 6.07) is 0.724. The van der Waals surface area contributed by atoms with Gasteiger partial charge in [-0.2, -0.15) is 0 Å². The fourth-order valence-corrected chi connectivity index (χ4v) is 2.37. The molecule has 1 rings (SSSR count). The van der Waals surface area contributed by atoms with Crippen LogP contribution in [0, 0.1) is 0 Å². The zero-order chi connectivity index (χ0) is 14.4. The molecule has 2 atom stereocenters. The van der Waals surface area contributed by atoms with Crippen molar-refractivity contribution < 1.29 is 9.53 Å². The number of likely N-dealkylation sites (N-methyl/N-ethyl adjacent to an activating group) is 2. The number of ether oxygens (including phenoxy) is 1. The van der Waals surface area contributed by atoms with E-state index in [1.165, 1.54) is 20.0 Å². The number of nitrogens with one attached hydrogen (secondary N) is 1. The third-order valence-corrected chi connectivity index (χ3v) is 3.58. The van der Waals surface area contributed by atoms with Crippen molar-refractivity contribution in [2.24, 2.45) is 0 Å². The summed E-state index contributed by atoms with van der Waals surface area (Å²) in [6.45, 7) is 6.99. The number of hydrogen-bond acceptors (Lipinski definition) is 5. The number of carbonyl (C=O) groups excluding carboxylic acids is 1. The zero-order valence-corrected chi connectivity index (χ0v) is 13.0. The quantitative estimate of drug-likeness (QED) is 0.621. The van der Waals surface area contributed by atoms with Gasteiger partial charge < -0.3 is 15.0 Å². The van der Waals surface area contributed by atoms with Crippen molar-refractivity contribution in [2.75, 3.05) is 40.8 Å². The van der Waals surface area contributed by atoms with E-state index in [1.54, 1.807) is 0 Å². The van der Waals surface area contributed by atoms with E-state index < -0.39 is 0 Å². The van der Waals surface area contributed by atoms with E-state index in [4.69, 9.17) is 4.74 Å². The van der Waals surface area contributed by atoms with E-state index in [0.717, 1.165) is 13.1 Å². The normalized spacial score (nSPS) is 18.7. The lowest BCUT2D eigenvalue weighted by molar-refractivity contribution is -0.143. The molecule has 0 aliphatic heterocycles. The summed E-state index contributed by atoms with van der Waals surface area (Å²) in [5.41, 5.74) is 0. The predicted octanol–water partition coefficient (Wildman–Crippen LogP) is 0.552. The van der Waals surface area contributed by atoms with Gasteiger partial charge in [0.15, 0.2) is 0 Å². The molecule has 1 fully saturated rings. The molecule has 2 unspecified atom stereocenters. The third kappa shape index (κ3) is 5.89. The summed E-state index contributed by atoms with van der Waals surface area (Å²) in [5.74, 6) is -0.151. The van der Waals surface area contributed by atoms with E-state index >= 15 is 0 Å². The van der Waals surface area contributed by atoms with Gasteiger partial charge in [-0.3, -0.25) is 9.69 Å². The Kier molecular flexibility index (Phi) is 6.75. The van der Waals surface area contributed by atoms with Crippen LogP contribution in [0.1, 0.15) is 26.7 Å². The number of carbonyl (C=O) groups is 1. The Morgan fingerprint density at radius 1 is 1.37 bits per heavy atom. The Balaban J connectivity index is 2.54. The lowest BCUT2D eigenvalue weighted by Crippen LogP contribution is -2.51. The van der Waals surface area contributed by atoms with Crippen LogP contribution >= 0.6 is 0 Å². The minimum absolute atomic E-state index is 0.151. The average Bonchev–Trinajstić information content (AvgIpc) is 3.16. The number of esters is 1. The first kappa shape index (κ1) is 16.4. The second-order valence-corrected chi connectivity index (χ2v) is 5.72. The molecule has 0 spiro atoms. The van der Waals surface area contributed by atoms with Gasteiger partial charge in [-0.15, -0.1) is 0 Å². The van der Waals surface area contributed by atoms with Crippen LogP contribution in [0.4, 0.5) is 0 Å². The van der Waals surface area contributed by atoms with Gasteiger partial charge in [0.05, 0.1) is 7.11 Å². The molecule has 0 heterocycles. The zero-order valence-electron chi connectivity index (χ0n) is 13.0. The number of hydrogen-bond donors (Lipinski definition) is 1. The van der Waals surface area contributed by atoms with Crippen LogP contribution in [0.25, 0.3) is 0 Å². The van der Waals surface area contributed by atoms with Crippen LogP contribution in [0.3, 0.4) is 0 Å². The summed E-state index contributed by atoms with van der Waals surface area (Å²) in [5, 5.41) is 3.38. The minimum Gasteiger partial charge on any atom is -0.468 e. The van der Waals surface area contributed by atoms with E-state index in [9.17, 15) is 4.79 Å². The van der Waals surface area contributed by atoms with Crippen molar-refractivity contribution in [3.8, 4) is 0 Å². The van der Waals surface area contributed by atoms with Crippen LogP contribution in [-0.2, 0) is 9.53 Å². The Bertz CT molecular complexity index is 280. The minimum atomic E-state index is -0.206. The summed E-state index contributed by atoms with van der Waals surface area (Å²) < 4.78 is 4.91. The number of rotatable bonds is 9. The molecule has 5 heteroatoms. The van der Waals surface area contributed by atoms with Crippen molar-refractivity contribution >= 4 is 5.97 Å². The summed E-state index contributed by atoms with van der Waals surface area (Å²) in [7, 11) is 5.61. The predicted molar refractivity (Wildman–Crippen MR) is 77.2 cm³/mol. The second kappa shape index (κ2) is 7.82. The molecule has 0 amide bonds. The molecule has 112 valence electrons. The van der Waals surface area contributed by atoms with Crippen LogP contribution in [0.5, 0.6) is 0 Å². The molecule has 0 bridgehead atoms. The van der Waals surface area contributed by atoms with Crippen molar-refractivity contribution in [3.05, 3.63) is 0 Å². The molecular formula is C14H29N3O2. The van der Waals surface area contributed by atoms with Gasteiger partial charge in [0.25, 0.3) is 0 Å². The van der Waals surface area contributed by atoms with E-state index in [-0.39, 0.29) is 12.0 Å². The van der Waals surface area contributed by atoms with Gasteiger partial charge in [-0.25, -0.2) is 0 Å². The van der Waals surface area contributed by atoms with Gasteiger partial charge in [0.1, 0.15) is 6.04 Å². The van der Waals surface area contributed by atoms with Crippen molar-refractivity contribution in [1.29, 1.82) is 0 Å². The van der Waals surface area contributed by atoms with Gasteiger partial charge in [-0.05, 0) is 40.4 Å². The maximum absolute atomic E-state index is 11.8. The van der Waals surface area contributed by atoms with Gasteiger partial charge >= 0.3 is 5.97 Å². The highest BCUT2D eigenvalue weighted by molar-refractivity contribution is 5.76. The Morgan fingerprint density at radius 3 is 2.42 bits per heavy atom. The second-order valence-electron chi connectivity index (χ2n) is 5.72. The SMILES string of the molecule is CCN(CC(NC1CC1)C(=O)OC)C(C)CN(C)C. The highest BCUT2D eigenvalue weighted by Crippen LogP contribution is 2.20. The largest absolute Gasteiger partial charge is 0.468 e. The van der Waals surface area contributed by atoms with E-state index in [2.05, 4.69) is 43.1 Å². The standard InChI is InChI=1S/C14H29N3O2/c1-6-17(11(2)9-16(3)4)10-13(14(18)19-5)15-12-7-8-12/h11-13,15H,6-10H2,1-5H3. The van der Waals surface area contributed by atoms with Crippen LogP contribution in [0.2, 0.25) is 0 Å². The lowest BCUT2D eigenvalue weighted by Gasteiger charge is -2.32. The maximum Gasteiger partial charge on any atom is 0.324 e. The average molecular weight is 271 g/mol. The first-order valence-corrected chi connectivity index (χ1v) is 7.20. The lowest BCUT2D eigenvalue weighted by atomic mass is 10.2. The Labute approximate surface area is 117 Å². The van der Waals surface area contributed by atoms with E-state index in [0.29, 0.717) is 18.6 Å². The molecule has 1 aliphatic carbocycles. The van der Waals surface area contributed by atoms with Crippen molar-refractivity contribution in [2.45, 2.75) is 44.8 Å². The van der Waals surface area contributed by atoms with Crippen molar-refractivity contribution in [1.82, 2.24) is 15.1 Å². The maximum atomic E-state index is 11.8. The molecular weight excluding hydrogens is 242 g/mol. The smallest absolute Gasteiger partial charge is 0.324 e. The summed E-state index contributed by atoms with van der Waals surface area (Å²) in [4.78, 5) is 16.4. The van der Waals surface area contributed by atoms with Crippen LogP contribution in [0.15, 0.2) is 0 Å². The Hall–Kier alpha value is -0.650. The van der Waals surface area contributed by atoms with Gasteiger partial charge in [-0.1, -0.05) is 6.92 Å². The van der Waals surface area contributed by atoms with Crippen LogP contribution < -0.4 is 5.32 Å². The Morgan fingerprint density at radius 2 is 2.00 bits per heavy atom. The fraction of sp³-hybridized carbons (Fsp3) is 0.929. The highest BCUT2D eigenvalue weighted by atomic mass is 16.5. The fourth-order valence-electron chi connectivity index (χ4n) is 2.37. The van der Waals surface area contributed by atoms with Crippen LogP contribution in [-0.4, -0.2) is 74.7 Å². The van der Waals surface area contributed by atoms with E-state index in [1.807, 2.05) is 0 Å². The molecule has 0 aromatic carbocycles. The molecule has 19 heavy (non-hydrogen) atoms. The number of nitrogens with zero attached hydrogens (tertiary/aromatic N) is 2. The molecule has 1 saturated carbocycles. The number of methoxy groups -OCH3 is 1. The monoisotopic (exact) mass is 271 g/mol. The van der Waals surface area contributed by atoms with Gasteiger partial charge in [0.2, 0.25) is 0 Å². The molecule has 1 N–H and O–H groups in total. The molecule has 0 aromatic rings. The summed E-state index contributed by atoms with van der Waals surface area (Å²) in [6.07, 6.45) is 2.35. The highest BCUT2D eigenvalue weighted by Gasteiger charge is 2.30. The van der Waals surface area contributed by atoms with Gasteiger partial charge in [0, 0.05) is 25.2 Å². The summed E-state index contributed by atoms with van der Waals surface area (Å²) >= 11 is 0. The molecule has 1 aliphatic rings. The molecule has 0 saturated heterocycles. The topological polar surface area (TPSA) is 44.8 Å². The molecule has 0 radical (unpaired) electrons. The molecule has 5 nitrogen and oxygen atoms in total.